The number of rotatable bonds is 1. The van der Waals surface area contributed by atoms with Crippen molar-refractivity contribution in [3.8, 4) is 0 Å². The fourth-order valence-corrected chi connectivity index (χ4v) is 1.02. The normalized spacial score (nSPS) is 13.5. The second-order valence-corrected chi connectivity index (χ2v) is 6.21. The standard InChI is InChI=1S/C14H24N4O4/c1-13(2,3)21-11(19)17-10(16-9-7-8-15)18-12(20)22-14(4,5)6/h7-9H,15H2,1-6H3,(H,17,18,19,20). The van der Waals surface area contributed by atoms with E-state index in [1.807, 2.05) is 0 Å². The molecule has 8 nitrogen and oxygen atoms in total. The highest BCUT2D eigenvalue weighted by molar-refractivity contribution is 6.02. The Labute approximate surface area is 130 Å². The van der Waals surface area contributed by atoms with E-state index >= 15 is 0 Å². The van der Waals surface area contributed by atoms with Crippen molar-refractivity contribution < 1.29 is 19.1 Å². The van der Waals surface area contributed by atoms with E-state index in [1.165, 1.54) is 18.5 Å². The predicted octanol–water partition coefficient (Wildman–Crippen LogP) is 2.35. The Balaban J connectivity index is 5.05. The molecule has 0 aromatic rings. The zero-order valence-corrected chi connectivity index (χ0v) is 13.8. The van der Waals surface area contributed by atoms with E-state index in [0.717, 1.165) is 0 Å². The zero-order valence-electron chi connectivity index (χ0n) is 13.8. The molecule has 22 heavy (non-hydrogen) atoms. The maximum absolute atomic E-state index is 11.7. The van der Waals surface area contributed by atoms with Crippen molar-refractivity contribution >= 4 is 24.4 Å². The van der Waals surface area contributed by atoms with Crippen LogP contribution < -0.4 is 11.1 Å². The van der Waals surface area contributed by atoms with Crippen LogP contribution in [0.4, 0.5) is 9.59 Å². The number of guanidine groups is 1. The number of carbonyl (C=O) groups is 2. The Morgan fingerprint density at radius 1 is 1.05 bits per heavy atom. The SMILES string of the molecule is CC(C)(C)OC(=O)N=C(N=CC=CN)NC(=O)OC(C)(C)C. The summed E-state index contributed by atoms with van der Waals surface area (Å²) in [5.74, 6) is -0.262. The van der Waals surface area contributed by atoms with Crippen molar-refractivity contribution in [2.75, 3.05) is 0 Å². The fraction of sp³-hybridized carbons (Fsp3) is 0.571. The minimum atomic E-state index is -0.882. The Kier molecular flexibility index (Phi) is 7.28. The topological polar surface area (TPSA) is 115 Å². The molecule has 0 saturated heterocycles. The number of nitrogens with zero attached hydrogens (tertiary/aromatic N) is 2. The lowest BCUT2D eigenvalue weighted by molar-refractivity contribution is 0.0562. The van der Waals surface area contributed by atoms with E-state index in [-0.39, 0.29) is 5.96 Å². The van der Waals surface area contributed by atoms with Gasteiger partial charge in [0, 0.05) is 6.21 Å². The van der Waals surface area contributed by atoms with Gasteiger partial charge < -0.3 is 15.2 Å². The van der Waals surface area contributed by atoms with Crippen LogP contribution in [-0.2, 0) is 9.47 Å². The molecule has 0 saturated carbocycles. The number of carbonyl (C=O) groups excluding carboxylic acids is 2. The third kappa shape index (κ3) is 11.4. The number of ether oxygens (including phenoxy) is 2. The van der Waals surface area contributed by atoms with E-state index < -0.39 is 23.4 Å². The van der Waals surface area contributed by atoms with Gasteiger partial charge in [0.25, 0.3) is 0 Å². The van der Waals surface area contributed by atoms with Gasteiger partial charge >= 0.3 is 12.2 Å². The quantitative estimate of drug-likeness (QED) is 0.569. The van der Waals surface area contributed by atoms with Gasteiger partial charge in [-0.15, -0.1) is 4.99 Å². The zero-order chi connectivity index (χ0) is 17.4. The molecule has 0 spiro atoms. The number of nitrogens with two attached hydrogens (primary N) is 1. The predicted molar refractivity (Wildman–Crippen MR) is 84.9 cm³/mol. The van der Waals surface area contributed by atoms with E-state index in [9.17, 15) is 9.59 Å². The van der Waals surface area contributed by atoms with Crippen molar-refractivity contribution in [1.82, 2.24) is 5.32 Å². The maximum atomic E-state index is 11.7. The van der Waals surface area contributed by atoms with Gasteiger partial charge in [-0.1, -0.05) is 0 Å². The molecule has 0 aliphatic rings. The molecule has 0 aliphatic carbocycles. The molecule has 3 N–H and O–H groups in total. The molecule has 0 heterocycles. The Bertz CT molecular complexity index is 482. The van der Waals surface area contributed by atoms with Gasteiger partial charge in [0.2, 0.25) is 5.96 Å². The number of hydrogen-bond donors (Lipinski definition) is 2. The highest BCUT2D eigenvalue weighted by Gasteiger charge is 2.19. The summed E-state index contributed by atoms with van der Waals surface area (Å²) in [5.41, 5.74) is 3.77. The minimum Gasteiger partial charge on any atom is -0.444 e. The third-order valence-electron chi connectivity index (χ3n) is 1.60. The third-order valence-corrected chi connectivity index (χ3v) is 1.60. The highest BCUT2D eigenvalue weighted by atomic mass is 16.6. The van der Waals surface area contributed by atoms with Crippen molar-refractivity contribution in [2.24, 2.45) is 15.7 Å². The highest BCUT2D eigenvalue weighted by Crippen LogP contribution is 2.09. The summed E-state index contributed by atoms with van der Waals surface area (Å²) in [7, 11) is 0. The van der Waals surface area contributed by atoms with Crippen LogP contribution in [0.3, 0.4) is 0 Å². The van der Waals surface area contributed by atoms with Crippen LogP contribution in [0.15, 0.2) is 22.3 Å². The largest absolute Gasteiger partial charge is 0.444 e. The monoisotopic (exact) mass is 312 g/mol. The molecular weight excluding hydrogens is 288 g/mol. The summed E-state index contributed by atoms with van der Waals surface area (Å²) >= 11 is 0. The van der Waals surface area contributed by atoms with Crippen molar-refractivity contribution in [1.29, 1.82) is 0 Å². The lowest BCUT2D eigenvalue weighted by atomic mass is 10.2. The average Bonchev–Trinajstić information content (AvgIpc) is 2.23. The fourth-order valence-electron chi connectivity index (χ4n) is 1.02. The van der Waals surface area contributed by atoms with E-state index in [0.29, 0.717) is 0 Å². The van der Waals surface area contributed by atoms with Crippen molar-refractivity contribution in [2.45, 2.75) is 52.7 Å². The summed E-state index contributed by atoms with van der Waals surface area (Å²) in [4.78, 5) is 30.7. The lowest BCUT2D eigenvalue weighted by Crippen LogP contribution is -2.36. The first-order valence-electron chi connectivity index (χ1n) is 6.65. The van der Waals surface area contributed by atoms with Crippen molar-refractivity contribution in [3.05, 3.63) is 12.3 Å². The van der Waals surface area contributed by atoms with Crippen LogP contribution >= 0.6 is 0 Å². The van der Waals surface area contributed by atoms with Crippen molar-refractivity contribution in [3.63, 3.8) is 0 Å². The second kappa shape index (κ2) is 8.16. The first-order valence-corrected chi connectivity index (χ1v) is 6.65. The molecule has 0 bridgehead atoms. The van der Waals surface area contributed by atoms with Crippen LogP contribution in [-0.4, -0.2) is 35.6 Å². The van der Waals surface area contributed by atoms with E-state index in [2.05, 4.69) is 15.3 Å². The van der Waals surface area contributed by atoms with Crippen LogP contribution in [0.2, 0.25) is 0 Å². The van der Waals surface area contributed by atoms with Gasteiger partial charge in [-0.05, 0) is 53.8 Å². The van der Waals surface area contributed by atoms with Crippen LogP contribution in [0.1, 0.15) is 41.5 Å². The summed E-state index contributed by atoms with van der Waals surface area (Å²) < 4.78 is 10.1. The number of allylic oxidation sites excluding steroid dienone is 1. The van der Waals surface area contributed by atoms with Crippen LogP contribution in [0.25, 0.3) is 0 Å². The van der Waals surface area contributed by atoms with Gasteiger partial charge in [0.15, 0.2) is 0 Å². The number of aliphatic imine (C=N–C) groups is 2. The molecule has 124 valence electrons. The summed E-state index contributed by atoms with van der Waals surface area (Å²) in [5, 5.41) is 2.26. The summed E-state index contributed by atoms with van der Waals surface area (Å²) in [6.07, 6.45) is 2.24. The van der Waals surface area contributed by atoms with Gasteiger partial charge in [0.1, 0.15) is 11.2 Å². The number of alkyl carbamates (subject to hydrolysis) is 1. The maximum Gasteiger partial charge on any atom is 0.437 e. The second-order valence-electron chi connectivity index (χ2n) is 6.21. The first kappa shape index (κ1) is 19.6. The van der Waals surface area contributed by atoms with Gasteiger partial charge in [-0.2, -0.15) is 0 Å². The summed E-state index contributed by atoms with van der Waals surface area (Å²) in [6.45, 7) is 10.2. The van der Waals surface area contributed by atoms with Crippen LogP contribution in [0.5, 0.6) is 0 Å². The Morgan fingerprint density at radius 2 is 1.59 bits per heavy atom. The van der Waals surface area contributed by atoms with Gasteiger partial charge in [-0.3, -0.25) is 5.32 Å². The molecule has 0 fully saturated rings. The molecule has 0 aromatic carbocycles. The minimum absolute atomic E-state index is 0.262. The molecule has 0 atom stereocenters. The lowest BCUT2D eigenvalue weighted by Gasteiger charge is -2.19. The molecule has 2 amide bonds. The molecule has 0 aromatic heterocycles. The first-order chi connectivity index (χ1) is 9.93. The molecule has 0 unspecified atom stereocenters. The van der Waals surface area contributed by atoms with Gasteiger partial charge in [0.05, 0.1) is 0 Å². The molecule has 0 aliphatic heterocycles. The van der Waals surface area contributed by atoms with E-state index in [4.69, 9.17) is 15.2 Å². The molecule has 0 rings (SSSR count). The smallest absolute Gasteiger partial charge is 0.437 e. The average molecular weight is 312 g/mol. The van der Waals surface area contributed by atoms with Crippen LogP contribution in [0, 0.1) is 0 Å². The molecular formula is C14H24N4O4. The number of nitrogens with one attached hydrogen (secondary N) is 1. The molecule has 8 heteroatoms. The number of hydrogen-bond acceptors (Lipinski definition) is 5. The van der Waals surface area contributed by atoms with E-state index in [1.54, 1.807) is 41.5 Å². The summed E-state index contributed by atoms with van der Waals surface area (Å²) in [6, 6.07) is 0. The van der Waals surface area contributed by atoms with Gasteiger partial charge in [-0.25, -0.2) is 14.6 Å². The Hall–Kier alpha value is -2.38. The number of amides is 2. The Morgan fingerprint density at radius 3 is 2.05 bits per heavy atom. The molecule has 0 radical (unpaired) electrons.